The highest BCUT2D eigenvalue weighted by atomic mass is 19.4. The summed E-state index contributed by atoms with van der Waals surface area (Å²) in [5.74, 6) is -2.51. The molecule has 2 rings (SSSR count). The Morgan fingerprint density at radius 1 is 1.32 bits per heavy atom. The Labute approximate surface area is 105 Å². The molecule has 0 radical (unpaired) electrons. The fraction of sp³-hybridized carbons (Fsp3) is 0.167. The zero-order valence-corrected chi connectivity index (χ0v) is 9.70. The van der Waals surface area contributed by atoms with Gasteiger partial charge in [-0.1, -0.05) is 0 Å². The van der Waals surface area contributed by atoms with Gasteiger partial charge in [-0.3, -0.25) is 9.36 Å². The number of ketones is 1. The maximum atomic E-state index is 13.8. The van der Waals surface area contributed by atoms with Crippen molar-refractivity contribution in [3.05, 3.63) is 47.8 Å². The van der Waals surface area contributed by atoms with Crippen LogP contribution < -0.4 is 0 Å². The van der Waals surface area contributed by atoms with E-state index in [0.29, 0.717) is 4.57 Å². The lowest BCUT2D eigenvalue weighted by molar-refractivity contribution is -0.145. The first-order valence-electron chi connectivity index (χ1n) is 5.22. The molecular weight excluding hydrogens is 264 g/mol. The Balaban J connectivity index is 2.55. The molecule has 0 amide bonds. The number of imidazole rings is 1. The van der Waals surface area contributed by atoms with Crippen LogP contribution in [0.15, 0.2) is 30.6 Å². The molecular formula is C12H8F4N2O. The molecule has 1 aromatic carbocycles. The molecule has 0 aliphatic carbocycles. The monoisotopic (exact) mass is 272 g/mol. The van der Waals surface area contributed by atoms with Crippen LogP contribution >= 0.6 is 0 Å². The van der Waals surface area contributed by atoms with E-state index in [2.05, 4.69) is 4.98 Å². The van der Waals surface area contributed by atoms with E-state index in [1.165, 1.54) is 13.0 Å². The molecule has 19 heavy (non-hydrogen) atoms. The van der Waals surface area contributed by atoms with Gasteiger partial charge in [0.15, 0.2) is 5.78 Å². The van der Waals surface area contributed by atoms with E-state index in [0.717, 1.165) is 24.5 Å². The lowest BCUT2D eigenvalue weighted by atomic mass is 10.1. The lowest BCUT2D eigenvalue weighted by Gasteiger charge is -2.11. The van der Waals surface area contributed by atoms with Crippen molar-refractivity contribution in [2.24, 2.45) is 0 Å². The molecule has 0 bridgehead atoms. The van der Waals surface area contributed by atoms with Crippen molar-refractivity contribution >= 4 is 5.78 Å². The quantitative estimate of drug-likeness (QED) is 0.621. The minimum absolute atomic E-state index is 0.0925. The first-order chi connectivity index (χ1) is 8.80. The number of rotatable bonds is 2. The average molecular weight is 272 g/mol. The number of nitrogens with zero attached hydrogens (tertiary/aromatic N) is 2. The van der Waals surface area contributed by atoms with Crippen LogP contribution in [-0.4, -0.2) is 15.3 Å². The number of carbonyl (C=O) groups is 1. The summed E-state index contributed by atoms with van der Waals surface area (Å²) in [4.78, 5) is 14.2. The van der Waals surface area contributed by atoms with Gasteiger partial charge >= 0.3 is 6.18 Å². The fourth-order valence-corrected chi connectivity index (χ4v) is 1.63. The van der Waals surface area contributed by atoms with E-state index in [4.69, 9.17) is 0 Å². The second-order valence-electron chi connectivity index (χ2n) is 3.84. The predicted molar refractivity (Wildman–Crippen MR) is 58.5 cm³/mol. The van der Waals surface area contributed by atoms with Gasteiger partial charge in [0.2, 0.25) is 5.82 Å². The van der Waals surface area contributed by atoms with Crippen LogP contribution in [0.4, 0.5) is 17.6 Å². The van der Waals surface area contributed by atoms with Gasteiger partial charge in [-0.05, 0) is 25.1 Å². The SMILES string of the molecule is CC(=O)c1ccc(-n2ccnc2C(F)(F)F)c(F)c1. The second kappa shape index (κ2) is 4.49. The molecule has 0 atom stereocenters. The summed E-state index contributed by atoms with van der Waals surface area (Å²) >= 11 is 0. The molecule has 100 valence electrons. The molecule has 1 aromatic heterocycles. The molecule has 0 spiro atoms. The van der Waals surface area contributed by atoms with Crippen LogP contribution in [-0.2, 0) is 6.18 Å². The van der Waals surface area contributed by atoms with Crippen molar-refractivity contribution in [2.45, 2.75) is 13.1 Å². The summed E-state index contributed by atoms with van der Waals surface area (Å²) in [5, 5.41) is 0. The van der Waals surface area contributed by atoms with E-state index in [9.17, 15) is 22.4 Å². The zero-order chi connectivity index (χ0) is 14.2. The minimum atomic E-state index is -4.69. The van der Waals surface area contributed by atoms with Gasteiger partial charge in [0.05, 0.1) is 5.69 Å². The molecule has 0 saturated heterocycles. The molecule has 3 nitrogen and oxygen atoms in total. The standard InChI is InChI=1S/C12H8F4N2O/c1-7(19)8-2-3-10(9(13)6-8)18-5-4-17-11(18)12(14,15)16/h2-6H,1H3. The van der Waals surface area contributed by atoms with Crippen molar-refractivity contribution in [2.75, 3.05) is 0 Å². The molecule has 1 heterocycles. The molecule has 0 saturated carbocycles. The van der Waals surface area contributed by atoms with E-state index in [1.807, 2.05) is 0 Å². The van der Waals surface area contributed by atoms with Crippen molar-refractivity contribution in [1.82, 2.24) is 9.55 Å². The number of hydrogen-bond donors (Lipinski definition) is 0. The van der Waals surface area contributed by atoms with Gasteiger partial charge in [0, 0.05) is 18.0 Å². The normalized spacial score (nSPS) is 11.6. The summed E-state index contributed by atoms with van der Waals surface area (Å²) in [6.07, 6.45) is -2.75. The summed E-state index contributed by atoms with van der Waals surface area (Å²) in [6, 6.07) is 3.28. The number of Topliss-reactive ketones (excluding diaryl/α,β-unsaturated/α-hetero) is 1. The molecule has 0 unspecified atom stereocenters. The molecule has 0 N–H and O–H groups in total. The first kappa shape index (κ1) is 13.3. The highest BCUT2D eigenvalue weighted by Crippen LogP contribution is 2.30. The third-order valence-corrected chi connectivity index (χ3v) is 2.51. The number of benzene rings is 1. The highest BCUT2D eigenvalue weighted by molar-refractivity contribution is 5.94. The third-order valence-electron chi connectivity index (χ3n) is 2.51. The van der Waals surface area contributed by atoms with E-state index in [-0.39, 0.29) is 17.0 Å². The van der Waals surface area contributed by atoms with E-state index in [1.54, 1.807) is 0 Å². The van der Waals surface area contributed by atoms with Crippen LogP contribution in [0, 0.1) is 5.82 Å². The molecule has 2 aromatic rings. The van der Waals surface area contributed by atoms with E-state index >= 15 is 0 Å². The number of aromatic nitrogens is 2. The smallest absolute Gasteiger partial charge is 0.295 e. The molecule has 7 heteroatoms. The third kappa shape index (κ3) is 2.49. The largest absolute Gasteiger partial charge is 0.450 e. The van der Waals surface area contributed by atoms with Crippen LogP contribution in [0.25, 0.3) is 5.69 Å². The van der Waals surface area contributed by atoms with Crippen molar-refractivity contribution < 1.29 is 22.4 Å². The summed E-state index contributed by atoms with van der Waals surface area (Å²) in [7, 11) is 0. The number of halogens is 4. The number of carbonyl (C=O) groups excluding carboxylic acids is 1. The second-order valence-corrected chi connectivity index (χ2v) is 3.84. The van der Waals surface area contributed by atoms with Crippen LogP contribution in [0.1, 0.15) is 23.1 Å². The van der Waals surface area contributed by atoms with E-state index < -0.39 is 17.8 Å². The van der Waals surface area contributed by atoms with Gasteiger partial charge in [0.1, 0.15) is 5.82 Å². The Morgan fingerprint density at radius 3 is 2.53 bits per heavy atom. The number of alkyl halides is 3. The molecule has 0 aliphatic rings. The Morgan fingerprint density at radius 2 is 2.00 bits per heavy atom. The topological polar surface area (TPSA) is 34.9 Å². The molecule has 0 fully saturated rings. The van der Waals surface area contributed by atoms with Crippen molar-refractivity contribution in [3.8, 4) is 5.69 Å². The maximum absolute atomic E-state index is 13.8. The van der Waals surface area contributed by atoms with Gasteiger partial charge in [-0.25, -0.2) is 9.37 Å². The Hall–Kier alpha value is -2.18. The molecule has 0 aliphatic heterocycles. The summed E-state index contributed by atoms with van der Waals surface area (Å²) in [6.45, 7) is 1.24. The van der Waals surface area contributed by atoms with Crippen molar-refractivity contribution in [3.63, 3.8) is 0 Å². The van der Waals surface area contributed by atoms with Crippen LogP contribution in [0.2, 0.25) is 0 Å². The summed E-state index contributed by atoms with van der Waals surface area (Å²) in [5.41, 5.74) is -0.218. The minimum Gasteiger partial charge on any atom is -0.295 e. The van der Waals surface area contributed by atoms with Crippen LogP contribution in [0.5, 0.6) is 0 Å². The number of hydrogen-bond acceptors (Lipinski definition) is 2. The van der Waals surface area contributed by atoms with Gasteiger partial charge < -0.3 is 0 Å². The zero-order valence-electron chi connectivity index (χ0n) is 9.70. The highest BCUT2D eigenvalue weighted by Gasteiger charge is 2.36. The van der Waals surface area contributed by atoms with Gasteiger partial charge in [-0.2, -0.15) is 13.2 Å². The first-order valence-corrected chi connectivity index (χ1v) is 5.22. The van der Waals surface area contributed by atoms with Gasteiger partial charge in [-0.15, -0.1) is 0 Å². The Kier molecular flexibility index (Phi) is 3.13. The average Bonchev–Trinajstić information content (AvgIpc) is 2.77. The fourth-order valence-electron chi connectivity index (χ4n) is 1.63. The predicted octanol–water partition coefficient (Wildman–Crippen LogP) is 3.23. The lowest BCUT2D eigenvalue weighted by Crippen LogP contribution is -2.14. The van der Waals surface area contributed by atoms with Gasteiger partial charge in [0.25, 0.3) is 0 Å². The summed E-state index contributed by atoms with van der Waals surface area (Å²) < 4.78 is 52.3. The maximum Gasteiger partial charge on any atom is 0.450 e. The van der Waals surface area contributed by atoms with Crippen LogP contribution in [0.3, 0.4) is 0 Å². The Bertz CT molecular complexity index is 631. The van der Waals surface area contributed by atoms with Crippen molar-refractivity contribution in [1.29, 1.82) is 0 Å².